The van der Waals surface area contributed by atoms with Gasteiger partial charge in [0, 0.05) is 6.04 Å². The third-order valence-corrected chi connectivity index (χ3v) is 1.79. The lowest BCUT2D eigenvalue weighted by atomic mass is 10.0. The lowest BCUT2D eigenvalue weighted by Gasteiger charge is -2.16. The summed E-state index contributed by atoms with van der Waals surface area (Å²) in [5.74, 6) is 0.348. The molecule has 0 aliphatic heterocycles. The predicted molar refractivity (Wildman–Crippen MR) is 55.2 cm³/mol. The molecule has 76 valence electrons. The first-order valence-corrected chi connectivity index (χ1v) is 4.65. The summed E-state index contributed by atoms with van der Waals surface area (Å²) < 4.78 is 0. The minimum atomic E-state index is -0.401. The van der Waals surface area contributed by atoms with Gasteiger partial charge in [-0.2, -0.15) is 0 Å². The van der Waals surface area contributed by atoms with Crippen molar-refractivity contribution in [1.29, 1.82) is 0 Å². The molecule has 0 saturated heterocycles. The highest BCUT2D eigenvalue weighted by Gasteiger charge is 2.15. The topological polar surface area (TPSA) is 55.1 Å². The summed E-state index contributed by atoms with van der Waals surface area (Å²) in [5, 5.41) is 2.75. The minimum absolute atomic E-state index is 0.00860. The van der Waals surface area contributed by atoms with Crippen molar-refractivity contribution in [2.24, 2.45) is 11.7 Å². The van der Waals surface area contributed by atoms with Crippen LogP contribution in [0.1, 0.15) is 27.2 Å². The van der Waals surface area contributed by atoms with Crippen LogP contribution in [-0.4, -0.2) is 18.0 Å². The fraction of sp³-hybridized carbons (Fsp3) is 0.700. The van der Waals surface area contributed by atoms with Gasteiger partial charge in [-0.15, -0.1) is 6.58 Å². The van der Waals surface area contributed by atoms with Gasteiger partial charge in [0.2, 0.25) is 5.91 Å². The molecule has 0 aromatic carbocycles. The van der Waals surface area contributed by atoms with Gasteiger partial charge >= 0.3 is 0 Å². The van der Waals surface area contributed by atoms with Gasteiger partial charge in [-0.25, -0.2) is 0 Å². The summed E-state index contributed by atoms with van der Waals surface area (Å²) in [4.78, 5) is 11.4. The summed E-state index contributed by atoms with van der Waals surface area (Å²) in [6, 6.07) is -0.409. The fourth-order valence-corrected chi connectivity index (χ4v) is 1.01. The summed E-state index contributed by atoms with van der Waals surface area (Å²) in [6.45, 7) is 9.54. The molecular formula is C10H20N2O. The molecule has 0 heterocycles. The van der Waals surface area contributed by atoms with Crippen LogP contribution in [0.2, 0.25) is 0 Å². The molecule has 3 heteroatoms. The Balaban J connectivity index is 3.89. The van der Waals surface area contributed by atoms with E-state index in [1.165, 1.54) is 0 Å². The first-order chi connectivity index (χ1) is 5.97. The molecule has 3 N–H and O–H groups in total. The second-order valence-corrected chi connectivity index (χ2v) is 3.77. The SMILES string of the molecule is C=CC(C)NC(=O)[C@H](N)CC(C)C. The van der Waals surface area contributed by atoms with Gasteiger partial charge in [-0.3, -0.25) is 4.79 Å². The van der Waals surface area contributed by atoms with E-state index < -0.39 is 6.04 Å². The molecular weight excluding hydrogens is 164 g/mol. The van der Waals surface area contributed by atoms with E-state index in [4.69, 9.17) is 5.73 Å². The van der Waals surface area contributed by atoms with E-state index in [-0.39, 0.29) is 11.9 Å². The van der Waals surface area contributed by atoms with Gasteiger partial charge in [-0.1, -0.05) is 19.9 Å². The third kappa shape index (κ3) is 5.42. The van der Waals surface area contributed by atoms with Crippen LogP contribution in [0.4, 0.5) is 0 Å². The molecule has 13 heavy (non-hydrogen) atoms. The van der Waals surface area contributed by atoms with Crippen LogP contribution in [0.5, 0.6) is 0 Å². The number of carbonyl (C=O) groups is 1. The van der Waals surface area contributed by atoms with Crippen LogP contribution in [-0.2, 0) is 4.79 Å². The van der Waals surface area contributed by atoms with Gasteiger partial charge in [0.25, 0.3) is 0 Å². The number of hydrogen-bond acceptors (Lipinski definition) is 2. The van der Waals surface area contributed by atoms with Crippen molar-refractivity contribution < 1.29 is 4.79 Å². The van der Waals surface area contributed by atoms with Crippen molar-refractivity contribution in [3.05, 3.63) is 12.7 Å². The fourth-order valence-electron chi connectivity index (χ4n) is 1.01. The maximum atomic E-state index is 11.4. The molecule has 0 spiro atoms. The molecule has 1 amide bonds. The van der Waals surface area contributed by atoms with Gasteiger partial charge < -0.3 is 11.1 Å². The van der Waals surface area contributed by atoms with E-state index in [0.29, 0.717) is 5.92 Å². The maximum Gasteiger partial charge on any atom is 0.237 e. The molecule has 0 aromatic heterocycles. The predicted octanol–water partition coefficient (Wildman–Crippen LogP) is 1.05. The average Bonchev–Trinajstić information content (AvgIpc) is 2.02. The second-order valence-electron chi connectivity index (χ2n) is 3.77. The van der Waals surface area contributed by atoms with Crippen molar-refractivity contribution in [2.75, 3.05) is 0 Å². The van der Waals surface area contributed by atoms with Gasteiger partial charge in [0.05, 0.1) is 6.04 Å². The maximum absolute atomic E-state index is 11.4. The number of rotatable bonds is 5. The Morgan fingerprint density at radius 2 is 2.08 bits per heavy atom. The Bertz CT molecular complexity index is 178. The Morgan fingerprint density at radius 1 is 1.54 bits per heavy atom. The van der Waals surface area contributed by atoms with Crippen molar-refractivity contribution in [3.8, 4) is 0 Å². The van der Waals surface area contributed by atoms with Crippen molar-refractivity contribution >= 4 is 5.91 Å². The smallest absolute Gasteiger partial charge is 0.237 e. The zero-order valence-corrected chi connectivity index (χ0v) is 8.71. The normalized spacial score (nSPS) is 15.2. The Hall–Kier alpha value is -0.830. The molecule has 0 saturated carbocycles. The Kier molecular flexibility index (Phi) is 5.39. The summed E-state index contributed by atoms with van der Waals surface area (Å²) in [6.07, 6.45) is 2.40. The number of carbonyl (C=O) groups excluding carboxylic acids is 1. The first-order valence-electron chi connectivity index (χ1n) is 4.65. The molecule has 0 aliphatic carbocycles. The van der Waals surface area contributed by atoms with Gasteiger partial charge in [0.15, 0.2) is 0 Å². The first kappa shape index (κ1) is 12.2. The van der Waals surface area contributed by atoms with Crippen molar-refractivity contribution in [1.82, 2.24) is 5.32 Å². The molecule has 0 radical (unpaired) electrons. The van der Waals surface area contributed by atoms with E-state index in [2.05, 4.69) is 11.9 Å². The Labute approximate surface area is 80.4 Å². The largest absolute Gasteiger partial charge is 0.349 e. The minimum Gasteiger partial charge on any atom is -0.349 e. The molecule has 1 unspecified atom stereocenters. The van der Waals surface area contributed by atoms with E-state index in [9.17, 15) is 4.79 Å². The van der Waals surface area contributed by atoms with E-state index in [1.807, 2.05) is 20.8 Å². The molecule has 0 fully saturated rings. The van der Waals surface area contributed by atoms with Crippen LogP contribution in [0.15, 0.2) is 12.7 Å². The third-order valence-electron chi connectivity index (χ3n) is 1.79. The van der Waals surface area contributed by atoms with E-state index in [0.717, 1.165) is 6.42 Å². The summed E-state index contributed by atoms with van der Waals surface area (Å²) in [5.41, 5.74) is 5.67. The molecule has 2 atom stereocenters. The summed E-state index contributed by atoms with van der Waals surface area (Å²) >= 11 is 0. The second kappa shape index (κ2) is 5.75. The number of amides is 1. The zero-order valence-electron chi connectivity index (χ0n) is 8.71. The van der Waals surface area contributed by atoms with Gasteiger partial charge in [-0.05, 0) is 19.3 Å². The lowest BCUT2D eigenvalue weighted by Crippen LogP contribution is -2.44. The lowest BCUT2D eigenvalue weighted by molar-refractivity contribution is -0.123. The number of nitrogens with two attached hydrogens (primary N) is 1. The number of hydrogen-bond donors (Lipinski definition) is 2. The van der Waals surface area contributed by atoms with Gasteiger partial charge in [0.1, 0.15) is 0 Å². The quantitative estimate of drug-likeness (QED) is 0.627. The highest BCUT2D eigenvalue weighted by atomic mass is 16.2. The number of nitrogens with one attached hydrogen (secondary N) is 1. The molecule has 0 aromatic rings. The summed E-state index contributed by atoms with van der Waals surface area (Å²) in [7, 11) is 0. The standard InChI is InChI=1S/C10H20N2O/c1-5-8(4)12-10(13)9(11)6-7(2)3/h5,7-9H,1,6,11H2,2-4H3,(H,12,13)/t8?,9-/m1/s1. The highest BCUT2D eigenvalue weighted by molar-refractivity contribution is 5.81. The van der Waals surface area contributed by atoms with Crippen molar-refractivity contribution in [2.45, 2.75) is 39.3 Å². The molecule has 0 aliphatic rings. The molecule has 3 nitrogen and oxygen atoms in total. The van der Waals surface area contributed by atoms with Crippen LogP contribution in [0.3, 0.4) is 0 Å². The van der Waals surface area contributed by atoms with Crippen molar-refractivity contribution in [3.63, 3.8) is 0 Å². The average molecular weight is 184 g/mol. The van der Waals surface area contributed by atoms with E-state index >= 15 is 0 Å². The van der Waals surface area contributed by atoms with Crippen LogP contribution in [0, 0.1) is 5.92 Å². The monoisotopic (exact) mass is 184 g/mol. The Morgan fingerprint density at radius 3 is 2.46 bits per heavy atom. The van der Waals surface area contributed by atoms with Crippen LogP contribution < -0.4 is 11.1 Å². The molecule has 0 bridgehead atoms. The van der Waals surface area contributed by atoms with Crippen LogP contribution >= 0.6 is 0 Å². The molecule has 0 rings (SSSR count). The van der Waals surface area contributed by atoms with Crippen LogP contribution in [0.25, 0.3) is 0 Å². The zero-order chi connectivity index (χ0) is 10.4. The van der Waals surface area contributed by atoms with E-state index in [1.54, 1.807) is 6.08 Å². The highest BCUT2D eigenvalue weighted by Crippen LogP contribution is 2.02.